The van der Waals surface area contributed by atoms with Crippen molar-refractivity contribution >= 4 is 22.9 Å². The van der Waals surface area contributed by atoms with Crippen molar-refractivity contribution in [1.82, 2.24) is 4.98 Å². The minimum atomic E-state index is -0.289. The number of ketones is 2. The maximum absolute atomic E-state index is 13.0. The van der Waals surface area contributed by atoms with Crippen molar-refractivity contribution in [1.29, 1.82) is 0 Å². The largest absolute Gasteiger partial charge is 0.300 e. The molecule has 0 atom stereocenters. The van der Waals surface area contributed by atoms with Crippen molar-refractivity contribution in [2.24, 2.45) is 0 Å². The third kappa shape index (κ3) is 4.45. The lowest BCUT2D eigenvalue weighted by Gasteiger charge is -2.01. The summed E-state index contributed by atoms with van der Waals surface area (Å²) in [6.07, 6.45) is 0.597. The number of hydrogen-bond donors (Lipinski definition) is 0. The molecular formula is C20H16FNO2S. The molecule has 1 aromatic heterocycles. The molecule has 0 amide bonds. The van der Waals surface area contributed by atoms with Gasteiger partial charge >= 0.3 is 0 Å². The molecule has 0 fully saturated rings. The highest BCUT2D eigenvalue weighted by atomic mass is 32.1. The number of hydrogen-bond acceptors (Lipinski definition) is 4. The van der Waals surface area contributed by atoms with Crippen LogP contribution in [0.25, 0.3) is 11.3 Å². The Labute approximate surface area is 149 Å². The summed E-state index contributed by atoms with van der Waals surface area (Å²) in [6, 6.07) is 13.2. The van der Waals surface area contributed by atoms with Crippen molar-refractivity contribution in [3.8, 4) is 11.3 Å². The zero-order chi connectivity index (χ0) is 17.8. The first-order valence-corrected chi connectivity index (χ1v) is 8.71. The molecule has 0 aliphatic carbocycles. The smallest absolute Gasteiger partial charge is 0.169 e. The van der Waals surface area contributed by atoms with Gasteiger partial charge in [0.15, 0.2) is 5.78 Å². The number of thiazole rings is 1. The fourth-order valence-corrected chi connectivity index (χ4v) is 3.28. The summed E-state index contributed by atoms with van der Waals surface area (Å²) in [4.78, 5) is 28.0. The van der Waals surface area contributed by atoms with Gasteiger partial charge in [0.25, 0.3) is 0 Å². The summed E-state index contributed by atoms with van der Waals surface area (Å²) in [5.41, 5.74) is 3.07. The summed E-state index contributed by atoms with van der Waals surface area (Å²) in [5.74, 6) is -0.216. The molecule has 25 heavy (non-hydrogen) atoms. The summed E-state index contributed by atoms with van der Waals surface area (Å²) in [7, 11) is 0. The minimum Gasteiger partial charge on any atom is -0.300 e. The normalized spacial score (nSPS) is 10.6. The monoisotopic (exact) mass is 353 g/mol. The van der Waals surface area contributed by atoms with E-state index in [4.69, 9.17) is 0 Å². The number of benzene rings is 2. The van der Waals surface area contributed by atoms with Crippen molar-refractivity contribution in [2.45, 2.75) is 19.8 Å². The van der Waals surface area contributed by atoms with Gasteiger partial charge in [-0.15, -0.1) is 11.3 Å². The van der Waals surface area contributed by atoms with Gasteiger partial charge in [0.2, 0.25) is 0 Å². The third-order valence-corrected chi connectivity index (χ3v) is 4.58. The molecule has 3 aromatic rings. The van der Waals surface area contributed by atoms with Crippen LogP contribution in [-0.4, -0.2) is 16.6 Å². The highest BCUT2D eigenvalue weighted by Crippen LogP contribution is 2.23. The Morgan fingerprint density at radius 2 is 1.68 bits per heavy atom. The van der Waals surface area contributed by atoms with E-state index < -0.39 is 0 Å². The Hall–Kier alpha value is -2.66. The molecule has 0 saturated heterocycles. The molecule has 0 spiro atoms. The lowest BCUT2D eigenvalue weighted by atomic mass is 10.0. The Bertz CT molecular complexity index is 898. The average molecular weight is 353 g/mol. The standard InChI is InChI=1S/C20H16FNO2S/c1-13(23)10-14-2-4-16(5-3-14)19(24)11-20-22-18(12-25-20)15-6-8-17(21)9-7-15/h2-9,12H,10-11H2,1H3. The van der Waals surface area contributed by atoms with Crippen LogP contribution in [0.4, 0.5) is 4.39 Å². The van der Waals surface area contributed by atoms with E-state index in [1.165, 1.54) is 23.5 Å². The van der Waals surface area contributed by atoms with Crippen LogP contribution in [0.15, 0.2) is 53.9 Å². The SMILES string of the molecule is CC(=O)Cc1ccc(C(=O)Cc2nc(-c3ccc(F)cc3)cs2)cc1. The van der Waals surface area contributed by atoms with E-state index in [0.717, 1.165) is 21.8 Å². The van der Waals surface area contributed by atoms with Crippen LogP contribution in [0.2, 0.25) is 0 Å². The zero-order valence-corrected chi connectivity index (χ0v) is 14.5. The fourth-order valence-electron chi connectivity index (χ4n) is 2.48. The van der Waals surface area contributed by atoms with Crippen LogP contribution < -0.4 is 0 Å². The van der Waals surface area contributed by atoms with Gasteiger partial charge in [0, 0.05) is 22.9 Å². The molecule has 0 radical (unpaired) electrons. The van der Waals surface area contributed by atoms with E-state index in [2.05, 4.69) is 4.98 Å². The van der Waals surface area contributed by atoms with E-state index in [0.29, 0.717) is 12.0 Å². The number of Topliss-reactive ketones (excluding diaryl/α,β-unsaturated/α-hetero) is 2. The first-order valence-electron chi connectivity index (χ1n) is 7.83. The van der Waals surface area contributed by atoms with Gasteiger partial charge in [-0.2, -0.15) is 0 Å². The first kappa shape index (κ1) is 17.2. The molecule has 3 nitrogen and oxygen atoms in total. The van der Waals surface area contributed by atoms with Crippen molar-refractivity contribution in [3.05, 3.63) is 75.9 Å². The lowest BCUT2D eigenvalue weighted by Crippen LogP contribution is -2.04. The Morgan fingerprint density at radius 1 is 1.00 bits per heavy atom. The van der Waals surface area contributed by atoms with Gasteiger partial charge in [0.1, 0.15) is 16.6 Å². The van der Waals surface area contributed by atoms with Crippen LogP contribution in [0, 0.1) is 5.82 Å². The van der Waals surface area contributed by atoms with Crippen LogP contribution >= 0.6 is 11.3 Å². The quantitative estimate of drug-likeness (QED) is 0.613. The number of halogens is 1. The molecule has 0 N–H and O–H groups in total. The molecule has 0 bridgehead atoms. The number of rotatable bonds is 6. The second-order valence-corrected chi connectivity index (χ2v) is 6.75. The molecule has 0 saturated carbocycles. The predicted molar refractivity (Wildman–Crippen MR) is 96.4 cm³/mol. The first-order chi connectivity index (χ1) is 12.0. The zero-order valence-electron chi connectivity index (χ0n) is 13.7. The predicted octanol–water partition coefficient (Wildman–Crippen LogP) is 4.51. The number of nitrogens with zero attached hydrogens (tertiary/aromatic N) is 1. The van der Waals surface area contributed by atoms with Crippen LogP contribution in [0.1, 0.15) is 27.9 Å². The van der Waals surface area contributed by atoms with Crippen molar-refractivity contribution in [2.75, 3.05) is 0 Å². The molecule has 5 heteroatoms. The summed E-state index contributed by atoms with van der Waals surface area (Å²) in [6.45, 7) is 1.54. The Balaban J connectivity index is 1.69. The second kappa shape index (κ2) is 7.49. The van der Waals surface area contributed by atoms with Crippen molar-refractivity contribution < 1.29 is 14.0 Å². The van der Waals surface area contributed by atoms with Crippen LogP contribution in [-0.2, 0) is 17.6 Å². The van der Waals surface area contributed by atoms with E-state index in [9.17, 15) is 14.0 Å². The summed E-state index contributed by atoms with van der Waals surface area (Å²) >= 11 is 1.41. The Morgan fingerprint density at radius 3 is 2.32 bits per heavy atom. The number of carbonyl (C=O) groups excluding carboxylic acids is 2. The van der Waals surface area contributed by atoms with E-state index in [1.54, 1.807) is 43.3 Å². The highest BCUT2D eigenvalue weighted by molar-refractivity contribution is 7.10. The lowest BCUT2D eigenvalue weighted by molar-refractivity contribution is -0.116. The number of carbonyl (C=O) groups is 2. The highest BCUT2D eigenvalue weighted by Gasteiger charge is 2.11. The Kier molecular flexibility index (Phi) is 5.14. The minimum absolute atomic E-state index is 0.0191. The molecule has 1 heterocycles. The maximum Gasteiger partial charge on any atom is 0.169 e. The molecular weight excluding hydrogens is 337 g/mol. The molecule has 0 unspecified atom stereocenters. The van der Waals surface area contributed by atoms with Gasteiger partial charge in [-0.3, -0.25) is 9.59 Å². The topological polar surface area (TPSA) is 47.0 Å². The van der Waals surface area contributed by atoms with Gasteiger partial charge in [-0.05, 0) is 36.8 Å². The van der Waals surface area contributed by atoms with Gasteiger partial charge in [0.05, 0.1) is 12.1 Å². The van der Waals surface area contributed by atoms with Crippen LogP contribution in [0.5, 0.6) is 0 Å². The second-order valence-electron chi connectivity index (χ2n) is 5.81. The van der Waals surface area contributed by atoms with Gasteiger partial charge < -0.3 is 0 Å². The van der Waals surface area contributed by atoms with E-state index in [-0.39, 0.29) is 23.8 Å². The third-order valence-electron chi connectivity index (χ3n) is 3.73. The van der Waals surface area contributed by atoms with Gasteiger partial charge in [-0.1, -0.05) is 24.3 Å². The summed E-state index contributed by atoms with van der Waals surface area (Å²) in [5, 5.41) is 2.59. The molecule has 3 rings (SSSR count). The fraction of sp³-hybridized carbons (Fsp3) is 0.150. The number of aromatic nitrogens is 1. The maximum atomic E-state index is 13.0. The van der Waals surface area contributed by atoms with E-state index in [1.807, 2.05) is 5.38 Å². The molecule has 0 aliphatic rings. The molecule has 126 valence electrons. The average Bonchev–Trinajstić information content (AvgIpc) is 3.04. The van der Waals surface area contributed by atoms with Crippen molar-refractivity contribution in [3.63, 3.8) is 0 Å². The molecule has 2 aromatic carbocycles. The van der Waals surface area contributed by atoms with Gasteiger partial charge in [-0.25, -0.2) is 9.37 Å². The van der Waals surface area contributed by atoms with E-state index >= 15 is 0 Å². The van der Waals surface area contributed by atoms with Crippen LogP contribution in [0.3, 0.4) is 0 Å². The summed E-state index contributed by atoms with van der Waals surface area (Å²) < 4.78 is 13.0. The molecule has 0 aliphatic heterocycles.